The van der Waals surface area contributed by atoms with Gasteiger partial charge in [-0.15, -0.1) is 0 Å². The van der Waals surface area contributed by atoms with Crippen LogP contribution in [0.25, 0.3) is 0 Å². The van der Waals surface area contributed by atoms with Gasteiger partial charge in [0.25, 0.3) is 0 Å². The Bertz CT molecular complexity index is 552. The van der Waals surface area contributed by atoms with Gasteiger partial charge in [0, 0.05) is 45.8 Å². The minimum Gasteiger partial charge on any atom is -0.497 e. The lowest BCUT2D eigenvalue weighted by atomic mass is 10.0. The summed E-state index contributed by atoms with van der Waals surface area (Å²) in [6.07, 6.45) is 0. The van der Waals surface area contributed by atoms with E-state index in [4.69, 9.17) is 14.2 Å². The monoisotopic (exact) mass is 363 g/mol. The molecule has 2 aliphatic heterocycles. The van der Waals surface area contributed by atoms with E-state index < -0.39 is 0 Å². The van der Waals surface area contributed by atoms with Gasteiger partial charge in [-0.1, -0.05) is 12.1 Å². The van der Waals surface area contributed by atoms with Gasteiger partial charge in [0.15, 0.2) is 0 Å². The van der Waals surface area contributed by atoms with Crippen molar-refractivity contribution in [2.24, 2.45) is 0 Å². The first-order chi connectivity index (χ1) is 12.6. The summed E-state index contributed by atoms with van der Waals surface area (Å²) in [6, 6.07) is 8.36. The topological polar surface area (TPSA) is 37.4 Å². The Kier molecular flexibility index (Phi) is 6.89. The van der Waals surface area contributed by atoms with Crippen molar-refractivity contribution in [3.05, 3.63) is 29.8 Å². The Morgan fingerprint density at radius 3 is 2.54 bits per heavy atom. The number of methoxy groups -OCH3 is 1. The van der Waals surface area contributed by atoms with Gasteiger partial charge in [0.1, 0.15) is 11.4 Å². The van der Waals surface area contributed by atoms with E-state index in [0.29, 0.717) is 6.61 Å². The summed E-state index contributed by atoms with van der Waals surface area (Å²) >= 11 is 0. The molecule has 0 radical (unpaired) electrons. The molecule has 0 aromatic heterocycles. The van der Waals surface area contributed by atoms with Crippen LogP contribution in [0.4, 0.5) is 0 Å². The molecule has 0 bridgehead atoms. The van der Waals surface area contributed by atoms with Crippen LogP contribution in [0.5, 0.6) is 5.75 Å². The van der Waals surface area contributed by atoms with Crippen LogP contribution in [-0.4, -0.2) is 101 Å². The van der Waals surface area contributed by atoms with Crippen molar-refractivity contribution in [1.29, 1.82) is 0 Å². The standard InChI is InChI=1S/C20H33N3O3/c1-21(2)8-9-22-10-12-25-17-20(15-22)16-23(11-13-26-20)14-18-4-6-19(24-3)7-5-18/h4-7H,8-17H2,1-3H3/t20-/m0/s1. The molecule has 1 aromatic rings. The van der Waals surface area contributed by atoms with E-state index in [1.807, 2.05) is 12.1 Å². The molecule has 6 nitrogen and oxygen atoms in total. The molecule has 0 unspecified atom stereocenters. The number of nitrogens with zero attached hydrogens (tertiary/aromatic N) is 3. The Morgan fingerprint density at radius 1 is 1.08 bits per heavy atom. The Balaban J connectivity index is 1.61. The smallest absolute Gasteiger partial charge is 0.118 e. The summed E-state index contributed by atoms with van der Waals surface area (Å²) in [4.78, 5) is 7.21. The summed E-state index contributed by atoms with van der Waals surface area (Å²) in [7, 11) is 5.95. The van der Waals surface area contributed by atoms with E-state index in [-0.39, 0.29) is 5.60 Å². The van der Waals surface area contributed by atoms with Crippen molar-refractivity contribution in [2.45, 2.75) is 12.1 Å². The van der Waals surface area contributed by atoms with Gasteiger partial charge in [0.2, 0.25) is 0 Å². The fraction of sp³-hybridized carbons (Fsp3) is 0.700. The zero-order chi connectivity index (χ0) is 18.4. The van der Waals surface area contributed by atoms with Crippen LogP contribution in [0, 0.1) is 0 Å². The molecule has 6 heteroatoms. The maximum Gasteiger partial charge on any atom is 0.118 e. The first-order valence-corrected chi connectivity index (χ1v) is 9.53. The average Bonchev–Trinajstić information content (AvgIpc) is 2.83. The lowest BCUT2D eigenvalue weighted by Gasteiger charge is -2.43. The first kappa shape index (κ1) is 19.6. The minimum atomic E-state index is -0.215. The lowest BCUT2D eigenvalue weighted by Crippen LogP contribution is -2.58. The predicted molar refractivity (Wildman–Crippen MR) is 103 cm³/mol. The highest BCUT2D eigenvalue weighted by Crippen LogP contribution is 2.24. The van der Waals surface area contributed by atoms with Crippen LogP contribution in [-0.2, 0) is 16.0 Å². The number of morpholine rings is 1. The van der Waals surface area contributed by atoms with E-state index >= 15 is 0 Å². The Morgan fingerprint density at radius 2 is 1.81 bits per heavy atom. The molecule has 2 saturated heterocycles. The summed E-state index contributed by atoms with van der Waals surface area (Å²) in [5.74, 6) is 0.904. The molecule has 1 aromatic carbocycles. The third kappa shape index (κ3) is 5.41. The molecule has 2 aliphatic rings. The molecule has 0 saturated carbocycles. The summed E-state index contributed by atoms with van der Waals surface area (Å²) in [5, 5.41) is 0. The molecule has 26 heavy (non-hydrogen) atoms. The van der Waals surface area contributed by atoms with E-state index in [0.717, 1.165) is 64.8 Å². The zero-order valence-electron chi connectivity index (χ0n) is 16.4. The molecular formula is C20H33N3O3. The molecule has 3 rings (SSSR count). The second-order valence-corrected chi connectivity index (χ2v) is 7.72. The molecule has 2 fully saturated rings. The molecule has 0 N–H and O–H groups in total. The maximum absolute atomic E-state index is 6.29. The van der Waals surface area contributed by atoms with Crippen LogP contribution >= 0.6 is 0 Å². The largest absolute Gasteiger partial charge is 0.497 e. The van der Waals surface area contributed by atoms with Gasteiger partial charge < -0.3 is 19.1 Å². The molecule has 2 heterocycles. The predicted octanol–water partition coefficient (Wildman–Crippen LogP) is 1.16. The van der Waals surface area contributed by atoms with Crippen molar-refractivity contribution in [2.75, 3.05) is 80.3 Å². The molecule has 1 atom stereocenters. The van der Waals surface area contributed by atoms with Crippen molar-refractivity contribution >= 4 is 0 Å². The van der Waals surface area contributed by atoms with Gasteiger partial charge in [-0.3, -0.25) is 9.80 Å². The van der Waals surface area contributed by atoms with E-state index in [1.165, 1.54) is 5.56 Å². The highest BCUT2D eigenvalue weighted by molar-refractivity contribution is 5.27. The molecular weight excluding hydrogens is 330 g/mol. The van der Waals surface area contributed by atoms with E-state index in [9.17, 15) is 0 Å². The Hall–Kier alpha value is -1.18. The van der Waals surface area contributed by atoms with Gasteiger partial charge in [-0.2, -0.15) is 0 Å². The average molecular weight is 364 g/mol. The molecule has 0 aliphatic carbocycles. The van der Waals surface area contributed by atoms with Gasteiger partial charge in [-0.05, 0) is 31.8 Å². The van der Waals surface area contributed by atoms with E-state index in [1.54, 1.807) is 7.11 Å². The van der Waals surface area contributed by atoms with E-state index in [2.05, 4.69) is 40.9 Å². The van der Waals surface area contributed by atoms with Crippen LogP contribution in [0.2, 0.25) is 0 Å². The van der Waals surface area contributed by atoms with Crippen molar-refractivity contribution in [3.63, 3.8) is 0 Å². The highest BCUT2D eigenvalue weighted by atomic mass is 16.5. The summed E-state index contributed by atoms with van der Waals surface area (Å²) in [5.41, 5.74) is 1.09. The van der Waals surface area contributed by atoms with Crippen molar-refractivity contribution in [1.82, 2.24) is 14.7 Å². The fourth-order valence-corrected chi connectivity index (χ4v) is 3.75. The molecule has 146 valence electrons. The Labute approximate surface area is 157 Å². The number of ether oxygens (including phenoxy) is 3. The number of likely N-dealkylation sites (N-methyl/N-ethyl adjacent to an activating group) is 1. The van der Waals surface area contributed by atoms with Crippen LogP contribution in [0.15, 0.2) is 24.3 Å². The summed E-state index contributed by atoms with van der Waals surface area (Å²) in [6.45, 7) is 9.10. The first-order valence-electron chi connectivity index (χ1n) is 9.53. The van der Waals surface area contributed by atoms with Gasteiger partial charge >= 0.3 is 0 Å². The zero-order valence-corrected chi connectivity index (χ0v) is 16.4. The highest BCUT2D eigenvalue weighted by Gasteiger charge is 2.40. The van der Waals surface area contributed by atoms with Crippen molar-refractivity contribution in [3.8, 4) is 5.75 Å². The number of hydrogen-bond acceptors (Lipinski definition) is 6. The normalized spacial score (nSPS) is 25.5. The number of benzene rings is 1. The summed E-state index contributed by atoms with van der Waals surface area (Å²) < 4.78 is 17.5. The van der Waals surface area contributed by atoms with Gasteiger partial charge in [-0.25, -0.2) is 0 Å². The third-order valence-corrected chi connectivity index (χ3v) is 5.18. The van der Waals surface area contributed by atoms with Crippen molar-refractivity contribution < 1.29 is 14.2 Å². The maximum atomic E-state index is 6.29. The lowest BCUT2D eigenvalue weighted by molar-refractivity contribution is -0.143. The minimum absolute atomic E-state index is 0.215. The second kappa shape index (κ2) is 9.15. The molecule has 0 amide bonds. The number of rotatable bonds is 6. The van der Waals surface area contributed by atoms with Crippen LogP contribution in [0.3, 0.4) is 0 Å². The van der Waals surface area contributed by atoms with Crippen LogP contribution in [0.1, 0.15) is 5.56 Å². The fourth-order valence-electron chi connectivity index (χ4n) is 3.75. The quantitative estimate of drug-likeness (QED) is 0.755. The van der Waals surface area contributed by atoms with Gasteiger partial charge in [0.05, 0.1) is 26.9 Å². The third-order valence-electron chi connectivity index (χ3n) is 5.18. The van der Waals surface area contributed by atoms with Crippen LogP contribution < -0.4 is 4.74 Å². The second-order valence-electron chi connectivity index (χ2n) is 7.72. The molecule has 1 spiro atoms. The SMILES string of the molecule is COc1ccc(CN2CCO[C@]3(COCCN(CCN(C)C)C3)C2)cc1. The number of hydrogen-bond donors (Lipinski definition) is 0.